The highest BCUT2D eigenvalue weighted by molar-refractivity contribution is 5.75. The van der Waals surface area contributed by atoms with Gasteiger partial charge in [0.05, 0.1) is 5.92 Å². The lowest BCUT2D eigenvalue weighted by Gasteiger charge is -2.35. The summed E-state index contributed by atoms with van der Waals surface area (Å²) >= 11 is 0. The summed E-state index contributed by atoms with van der Waals surface area (Å²) in [4.78, 5) is 17.9. The molecule has 6 rings (SSSR count). The van der Waals surface area contributed by atoms with Gasteiger partial charge in [-0.3, -0.25) is 9.69 Å². The van der Waals surface area contributed by atoms with E-state index < -0.39 is 0 Å². The van der Waals surface area contributed by atoms with Gasteiger partial charge in [-0.1, -0.05) is 0 Å². The molecule has 6 aliphatic rings. The van der Waals surface area contributed by atoms with E-state index in [4.69, 9.17) is 4.74 Å². The molecule has 0 radical (unpaired) electrons. The standard InChI is InChI=1S/C22H34N2O2/c1-23-10-12-24(13-11-23)14-16-15-2-4-21(6-7-21)17-3-5-22(8-9-22)18(17)19(15)26-20(16)25/h15-19H,2-14H2,1H3/t15?,16?,17?,18?,19-/m0/s1. The number of hydrogen-bond donors (Lipinski definition) is 0. The Bertz CT molecular complexity index is 603. The summed E-state index contributed by atoms with van der Waals surface area (Å²) in [5.41, 5.74) is 1.24. The summed E-state index contributed by atoms with van der Waals surface area (Å²) in [7, 11) is 2.20. The normalized spacial score (nSPS) is 46.0. The summed E-state index contributed by atoms with van der Waals surface area (Å²) in [6.07, 6.45) is 11.5. The average molecular weight is 359 g/mol. The molecule has 4 heteroatoms. The van der Waals surface area contributed by atoms with Crippen molar-refractivity contribution in [3.8, 4) is 0 Å². The van der Waals surface area contributed by atoms with Crippen LogP contribution in [0, 0.1) is 34.5 Å². The molecule has 26 heavy (non-hydrogen) atoms. The van der Waals surface area contributed by atoms with Gasteiger partial charge in [0.15, 0.2) is 0 Å². The number of carbonyl (C=O) groups is 1. The topological polar surface area (TPSA) is 32.8 Å². The second-order valence-corrected chi connectivity index (χ2v) is 10.7. The highest BCUT2D eigenvalue weighted by atomic mass is 16.6. The number of esters is 1. The highest BCUT2D eigenvalue weighted by Crippen LogP contribution is 2.74. The summed E-state index contributed by atoms with van der Waals surface area (Å²) in [6, 6.07) is 0. The molecule has 4 nitrogen and oxygen atoms in total. The Labute approximate surface area is 157 Å². The van der Waals surface area contributed by atoms with Crippen molar-refractivity contribution in [1.82, 2.24) is 9.80 Å². The van der Waals surface area contributed by atoms with Gasteiger partial charge in [0.1, 0.15) is 6.10 Å². The van der Waals surface area contributed by atoms with E-state index in [0.29, 0.717) is 22.7 Å². The lowest BCUT2D eigenvalue weighted by atomic mass is 9.73. The fourth-order valence-corrected chi connectivity index (χ4v) is 7.58. The second-order valence-electron chi connectivity index (χ2n) is 10.7. The molecule has 5 atom stereocenters. The van der Waals surface area contributed by atoms with Crippen molar-refractivity contribution in [3.05, 3.63) is 0 Å². The van der Waals surface area contributed by atoms with E-state index >= 15 is 0 Å². The second kappa shape index (κ2) is 5.47. The SMILES string of the molecule is CN1CCN(CC2C(=O)O[C@H]3C2CCC2(CC2)C2CCC4(CC4)C23)CC1. The summed E-state index contributed by atoms with van der Waals surface area (Å²) in [5, 5.41) is 0. The van der Waals surface area contributed by atoms with Crippen LogP contribution >= 0.6 is 0 Å². The maximum Gasteiger partial charge on any atom is 0.310 e. The maximum absolute atomic E-state index is 12.9. The van der Waals surface area contributed by atoms with Gasteiger partial charge in [-0.15, -0.1) is 0 Å². The monoisotopic (exact) mass is 358 g/mol. The van der Waals surface area contributed by atoms with Gasteiger partial charge in [0, 0.05) is 44.6 Å². The van der Waals surface area contributed by atoms with Crippen LogP contribution in [0.15, 0.2) is 0 Å². The third-order valence-electron chi connectivity index (χ3n) is 9.54. The summed E-state index contributed by atoms with van der Waals surface area (Å²) in [5.74, 6) is 2.38. The highest BCUT2D eigenvalue weighted by Gasteiger charge is 2.69. The fourth-order valence-electron chi connectivity index (χ4n) is 7.58. The van der Waals surface area contributed by atoms with Gasteiger partial charge in [-0.25, -0.2) is 0 Å². The Morgan fingerprint density at radius 2 is 1.65 bits per heavy atom. The zero-order valence-electron chi connectivity index (χ0n) is 16.3. The van der Waals surface area contributed by atoms with E-state index in [-0.39, 0.29) is 18.0 Å². The van der Waals surface area contributed by atoms with Crippen LogP contribution in [0.5, 0.6) is 0 Å². The fraction of sp³-hybridized carbons (Fsp3) is 0.955. The van der Waals surface area contributed by atoms with E-state index in [0.717, 1.165) is 38.6 Å². The van der Waals surface area contributed by atoms with E-state index in [1.807, 2.05) is 0 Å². The number of fused-ring (bicyclic) bond motifs is 5. The molecule has 6 fully saturated rings. The molecule has 4 aliphatic carbocycles. The number of carbonyl (C=O) groups excluding carboxylic acids is 1. The largest absolute Gasteiger partial charge is 0.461 e. The Balaban J connectivity index is 1.26. The molecule has 144 valence electrons. The first-order chi connectivity index (χ1) is 12.6. The molecule has 4 saturated carbocycles. The van der Waals surface area contributed by atoms with Crippen LogP contribution in [0.2, 0.25) is 0 Å². The summed E-state index contributed by atoms with van der Waals surface area (Å²) < 4.78 is 6.26. The van der Waals surface area contributed by atoms with Crippen LogP contribution in [0.25, 0.3) is 0 Å². The van der Waals surface area contributed by atoms with E-state index in [1.54, 1.807) is 0 Å². The Hall–Kier alpha value is -0.610. The Morgan fingerprint density at radius 1 is 0.962 bits per heavy atom. The van der Waals surface area contributed by atoms with Crippen LogP contribution in [-0.2, 0) is 9.53 Å². The average Bonchev–Trinajstić information content (AvgIpc) is 3.52. The molecule has 0 aromatic carbocycles. The first kappa shape index (κ1) is 16.4. The molecular formula is C22H34N2O2. The third kappa shape index (κ3) is 2.30. The van der Waals surface area contributed by atoms with Crippen LogP contribution in [0.3, 0.4) is 0 Å². The molecule has 0 amide bonds. The van der Waals surface area contributed by atoms with E-state index in [2.05, 4.69) is 16.8 Å². The van der Waals surface area contributed by atoms with Crippen molar-refractivity contribution in [2.24, 2.45) is 34.5 Å². The van der Waals surface area contributed by atoms with E-state index in [1.165, 1.54) is 51.4 Å². The first-order valence-corrected chi connectivity index (χ1v) is 11.2. The first-order valence-electron chi connectivity index (χ1n) is 11.2. The lowest BCUT2D eigenvalue weighted by Crippen LogP contribution is -2.47. The molecule has 2 aliphatic heterocycles. The van der Waals surface area contributed by atoms with Crippen molar-refractivity contribution >= 4 is 5.97 Å². The van der Waals surface area contributed by atoms with E-state index in [9.17, 15) is 4.79 Å². The number of likely N-dealkylation sites (N-methyl/N-ethyl adjacent to an activating group) is 1. The van der Waals surface area contributed by atoms with Gasteiger partial charge in [0.25, 0.3) is 0 Å². The molecule has 4 unspecified atom stereocenters. The van der Waals surface area contributed by atoms with Crippen molar-refractivity contribution in [1.29, 1.82) is 0 Å². The number of ether oxygens (including phenoxy) is 1. The molecule has 2 heterocycles. The molecule has 2 saturated heterocycles. The molecule has 0 bridgehead atoms. The van der Waals surface area contributed by atoms with Crippen molar-refractivity contribution in [2.45, 2.75) is 57.5 Å². The van der Waals surface area contributed by atoms with Crippen LogP contribution in [0.1, 0.15) is 51.4 Å². The molecule has 2 spiro atoms. The molecule has 0 aromatic rings. The number of rotatable bonds is 2. The molecular weight excluding hydrogens is 324 g/mol. The van der Waals surface area contributed by atoms with Crippen LogP contribution in [0.4, 0.5) is 0 Å². The number of hydrogen-bond acceptors (Lipinski definition) is 4. The number of piperazine rings is 1. The van der Waals surface area contributed by atoms with Gasteiger partial charge >= 0.3 is 5.97 Å². The van der Waals surface area contributed by atoms with Gasteiger partial charge < -0.3 is 9.64 Å². The quantitative estimate of drug-likeness (QED) is 0.711. The predicted molar refractivity (Wildman–Crippen MR) is 99.6 cm³/mol. The number of nitrogens with zero attached hydrogens (tertiary/aromatic N) is 2. The molecule has 0 aromatic heterocycles. The Kier molecular flexibility index (Phi) is 3.44. The van der Waals surface area contributed by atoms with Gasteiger partial charge in [-0.2, -0.15) is 0 Å². The maximum atomic E-state index is 12.9. The minimum absolute atomic E-state index is 0.145. The van der Waals surface area contributed by atoms with Crippen molar-refractivity contribution in [3.63, 3.8) is 0 Å². The zero-order chi connectivity index (χ0) is 17.5. The Morgan fingerprint density at radius 3 is 2.35 bits per heavy atom. The van der Waals surface area contributed by atoms with Crippen LogP contribution in [-0.4, -0.2) is 61.6 Å². The minimum Gasteiger partial charge on any atom is -0.461 e. The van der Waals surface area contributed by atoms with Gasteiger partial charge in [-0.05, 0) is 75.2 Å². The van der Waals surface area contributed by atoms with Crippen molar-refractivity contribution < 1.29 is 9.53 Å². The smallest absolute Gasteiger partial charge is 0.310 e. The summed E-state index contributed by atoms with van der Waals surface area (Å²) in [6.45, 7) is 5.43. The third-order valence-corrected chi connectivity index (χ3v) is 9.54. The zero-order valence-corrected chi connectivity index (χ0v) is 16.3. The van der Waals surface area contributed by atoms with Crippen LogP contribution < -0.4 is 0 Å². The predicted octanol–water partition coefficient (Wildman–Crippen LogP) is 2.77. The molecule has 0 N–H and O–H groups in total. The van der Waals surface area contributed by atoms with Crippen molar-refractivity contribution in [2.75, 3.05) is 39.8 Å². The lowest BCUT2D eigenvalue weighted by molar-refractivity contribution is -0.148. The van der Waals surface area contributed by atoms with Gasteiger partial charge in [0.2, 0.25) is 0 Å². The minimum atomic E-state index is 0.145.